The Morgan fingerprint density at radius 2 is 1.89 bits per heavy atom. The normalized spacial score (nSPS) is 22.5. The molecule has 1 aromatic rings. The maximum Gasteiger partial charge on any atom is 0.189 e. The highest BCUT2D eigenvalue weighted by molar-refractivity contribution is 9.25. The fraction of sp³-hybridized carbons (Fsp3) is 0.647. The molecule has 2 aliphatic rings. The van der Waals surface area contributed by atoms with Crippen molar-refractivity contribution < 1.29 is 4.39 Å². The van der Waals surface area contributed by atoms with Crippen molar-refractivity contribution in [3.63, 3.8) is 0 Å². The van der Waals surface area contributed by atoms with Crippen molar-refractivity contribution >= 4 is 84.5 Å². The minimum atomic E-state index is -1.54. The number of fused-ring (bicyclic) bond motifs is 1. The Hall–Kier alpha value is 0.400. The van der Waals surface area contributed by atoms with E-state index in [1.54, 1.807) is 6.08 Å². The van der Waals surface area contributed by atoms with Crippen LogP contribution in [0.4, 0.5) is 10.2 Å². The topological polar surface area (TPSA) is 41.1 Å². The molecule has 150 valence electrons. The lowest BCUT2D eigenvalue weighted by Gasteiger charge is -2.37. The quantitative estimate of drug-likeness (QED) is 0.334. The molecule has 0 bridgehead atoms. The van der Waals surface area contributed by atoms with Crippen LogP contribution in [0, 0.1) is 0 Å². The van der Waals surface area contributed by atoms with Gasteiger partial charge < -0.3 is 10.2 Å². The minimum absolute atomic E-state index is 0.0574. The Morgan fingerprint density at radius 3 is 2.44 bits per heavy atom. The Labute approximate surface area is 189 Å². The van der Waals surface area contributed by atoms with Crippen LogP contribution in [0.3, 0.4) is 0 Å². The van der Waals surface area contributed by atoms with Gasteiger partial charge in [-0.05, 0) is 39.3 Å². The smallest absolute Gasteiger partial charge is 0.189 e. The highest BCUT2D eigenvalue weighted by Gasteiger charge is 2.51. The lowest BCUT2D eigenvalue weighted by atomic mass is 9.96. The van der Waals surface area contributed by atoms with E-state index in [2.05, 4.69) is 66.1 Å². The van der Waals surface area contributed by atoms with Crippen LogP contribution < -0.4 is 15.9 Å². The number of rotatable bonds is 5. The Bertz CT molecular complexity index is 857. The number of nitrogens with one attached hydrogen (secondary N) is 1. The minimum Gasteiger partial charge on any atom is -0.368 e. The second kappa shape index (κ2) is 7.91. The van der Waals surface area contributed by atoms with Gasteiger partial charge in [0.2, 0.25) is 0 Å². The van der Waals surface area contributed by atoms with E-state index < -0.39 is 13.4 Å². The number of hydrogen-bond donors (Lipinski definition) is 1. The molecule has 2 aliphatic carbocycles. The molecule has 3 rings (SSSR count). The molecule has 0 unspecified atom stereocenters. The van der Waals surface area contributed by atoms with E-state index in [4.69, 9.17) is 23.2 Å². The van der Waals surface area contributed by atoms with Crippen LogP contribution in [-0.4, -0.2) is 54.9 Å². The highest BCUT2D eigenvalue weighted by atomic mass is 79.9. The zero-order chi connectivity index (χ0) is 20.0. The van der Waals surface area contributed by atoms with Gasteiger partial charge in [0.15, 0.2) is 18.6 Å². The zero-order valence-electron chi connectivity index (χ0n) is 15.3. The molecule has 4 nitrogen and oxygen atoms in total. The number of likely N-dealkylation sites (N-methyl/N-ethyl adjacent to an activating group) is 1. The van der Waals surface area contributed by atoms with Gasteiger partial charge in [0, 0.05) is 17.3 Å². The third kappa shape index (κ3) is 3.91. The summed E-state index contributed by atoms with van der Waals surface area (Å²) >= 11 is 20.7. The van der Waals surface area contributed by atoms with Gasteiger partial charge in [-0.15, -0.1) is 0 Å². The second-order valence-corrected chi connectivity index (χ2v) is 12.8. The van der Waals surface area contributed by atoms with Crippen molar-refractivity contribution in [2.24, 2.45) is 0 Å². The average Bonchev–Trinajstić information content (AvgIpc) is 3.09. The van der Waals surface area contributed by atoms with Gasteiger partial charge in [0.25, 0.3) is 0 Å². The lowest BCUT2D eigenvalue weighted by Crippen LogP contribution is -2.51. The summed E-state index contributed by atoms with van der Waals surface area (Å²) in [5, 5.41) is 4.59. The maximum atomic E-state index is 15.2. The molecule has 0 amide bonds. The summed E-state index contributed by atoms with van der Waals surface area (Å²) in [6, 6.07) is 0. The van der Waals surface area contributed by atoms with Crippen LogP contribution in [0.2, 0.25) is 0 Å². The van der Waals surface area contributed by atoms with Crippen molar-refractivity contribution in [2.45, 2.75) is 43.9 Å². The summed E-state index contributed by atoms with van der Waals surface area (Å²) in [4.78, 5) is 11.2. The largest absolute Gasteiger partial charge is 0.368 e. The summed E-state index contributed by atoms with van der Waals surface area (Å²) < 4.78 is 12.2. The molecule has 1 saturated carbocycles. The molecule has 10 heteroatoms. The Morgan fingerprint density at radius 1 is 1.26 bits per heavy atom. The molecule has 27 heavy (non-hydrogen) atoms. The standard InChI is InChI=1S/C17H21Br2Cl2FN4S/c1-26(2)15(6-4-5-7-15)9-23-13-10-8-16(20,21)17(18,19)12(22)11(10)24-14(25-13)27-3/h8H,4-7,9H2,1-3H3,(H,23,24,25). The molecule has 1 fully saturated rings. The summed E-state index contributed by atoms with van der Waals surface area (Å²) in [6.45, 7) is 0.706. The van der Waals surface area contributed by atoms with Crippen LogP contribution in [0.15, 0.2) is 5.16 Å². The van der Waals surface area contributed by atoms with E-state index in [1.165, 1.54) is 24.6 Å². The molecule has 0 aromatic carbocycles. The molecule has 1 N–H and O–H groups in total. The van der Waals surface area contributed by atoms with Gasteiger partial charge in [-0.1, -0.05) is 79.7 Å². The molecule has 0 aliphatic heterocycles. The molecule has 1 aromatic heterocycles. The lowest BCUT2D eigenvalue weighted by molar-refractivity contribution is 0.172. The third-order valence-electron chi connectivity index (χ3n) is 5.40. The first-order chi connectivity index (χ1) is 12.5. The van der Waals surface area contributed by atoms with Crippen molar-refractivity contribution in [1.29, 1.82) is 0 Å². The first kappa shape index (κ1) is 22.1. The first-order valence-corrected chi connectivity index (χ1v) is 12.1. The van der Waals surface area contributed by atoms with Crippen LogP contribution in [0.5, 0.6) is 0 Å². The van der Waals surface area contributed by atoms with Crippen LogP contribution >= 0.6 is 66.8 Å². The van der Waals surface area contributed by atoms with E-state index in [9.17, 15) is 0 Å². The van der Waals surface area contributed by atoms with E-state index in [-0.39, 0.29) is 10.9 Å². The van der Waals surface area contributed by atoms with E-state index in [0.29, 0.717) is 22.7 Å². The van der Waals surface area contributed by atoms with Crippen LogP contribution in [-0.2, 0) is 0 Å². The fourth-order valence-corrected chi connectivity index (χ4v) is 4.96. The van der Waals surface area contributed by atoms with Crippen molar-refractivity contribution in [3.05, 3.63) is 10.6 Å². The summed E-state index contributed by atoms with van der Waals surface area (Å²) in [5.41, 5.74) is 0.0574. The summed E-state index contributed by atoms with van der Waals surface area (Å²) in [7, 11) is 4.20. The highest BCUT2D eigenvalue weighted by Crippen LogP contribution is 2.53. The molecule has 0 spiro atoms. The average molecular weight is 563 g/mol. The van der Waals surface area contributed by atoms with Gasteiger partial charge in [-0.3, -0.25) is 0 Å². The predicted molar refractivity (Wildman–Crippen MR) is 120 cm³/mol. The van der Waals surface area contributed by atoms with Gasteiger partial charge >= 0.3 is 0 Å². The SMILES string of the molecule is CSc1nc(NCC2(N(C)C)CCCC2)c2c(n1)=C(F)C(Br)(Br)C(Cl)(Cl)C=2. The Balaban J connectivity index is 2.11. The third-order valence-corrected chi connectivity index (χ3v) is 9.60. The van der Waals surface area contributed by atoms with Gasteiger partial charge in [0.05, 0.1) is 0 Å². The zero-order valence-corrected chi connectivity index (χ0v) is 20.8. The van der Waals surface area contributed by atoms with Crippen molar-refractivity contribution in [1.82, 2.24) is 14.9 Å². The summed E-state index contributed by atoms with van der Waals surface area (Å²) in [6.07, 6.45) is 8.07. The van der Waals surface area contributed by atoms with Crippen LogP contribution in [0.1, 0.15) is 25.7 Å². The van der Waals surface area contributed by atoms with E-state index in [0.717, 1.165) is 12.8 Å². The monoisotopic (exact) mass is 560 g/mol. The molecule has 0 atom stereocenters. The number of aromatic nitrogens is 2. The van der Waals surface area contributed by atoms with Gasteiger partial charge in [-0.25, -0.2) is 14.4 Å². The number of alkyl halides is 4. The Kier molecular flexibility index (Phi) is 6.47. The second-order valence-electron chi connectivity index (χ2n) is 7.16. The molecule has 0 saturated heterocycles. The molecule has 1 heterocycles. The van der Waals surface area contributed by atoms with Gasteiger partial charge in [-0.2, -0.15) is 0 Å². The fourth-order valence-electron chi connectivity index (χ4n) is 3.61. The molecular weight excluding hydrogens is 542 g/mol. The van der Waals surface area contributed by atoms with Crippen molar-refractivity contribution in [3.8, 4) is 0 Å². The number of halogens is 5. The molecule has 0 radical (unpaired) electrons. The predicted octanol–water partition coefficient (Wildman–Crippen LogP) is 4.02. The van der Waals surface area contributed by atoms with Crippen LogP contribution in [0.25, 0.3) is 11.9 Å². The number of thioether (sulfide) groups is 1. The summed E-state index contributed by atoms with van der Waals surface area (Å²) in [5.74, 6) is -0.0252. The number of anilines is 1. The van der Waals surface area contributed by atoms with E-state index >= 15 is 4.39 Å². The van der Waals surface area contributed by atoms with Gasteiger partial charge in [0.1, 0.15) is 11.2 Å². The first-order valence-electron chi connectivity index (χ1n) is 8.56. The molecular formula is C17H21Br2Cl2FN4S. The number of nitrogens with zero attached hydrogens (tertiary/aromatic N) is 3. The van der Waals surface area contributed by atoms with Crippen molar-refractivity contribution in [2.75, 3.05) is 32.2 Å². The van der Waals surface area contributed by atoms with E-state index in [1.807, 2.05) is 6.26 Å². The maximum absolute atomic E-state index is 15.2. The number of hydrogen-bond acceptors (Lipinski definition) is 5.